The number of benzene rings is 2. The third kappa shape index (κ3) is 13.1. The molecule has 5 heterocycles. The first-order valence-electron chi connectivity index (χ1n) is 26.5. The molecular formula is C56H68N8O11S2. The summed E-state index contributed by atoms with van der Waals surface area (Å²) in [7, 11) is -4.32. The van der Waals surface area contributed by atoms with Gasteiger partial charge in [0, 0.05) is 80.2 Å². The Hall–Kier alpha value is -6.39. The zero-order valence-electron chi connectivity index (χ0n) is 44.2. The molecular weight excluding hydrogens is 1020 g/mol. The minimum Gasteiger partial charge on any atom is -0.476 e. The first kappa shape index (κ1) is 55.4. The third-order valence-corrected chi connectivity index (χ3v) is 17.2. The van der Waals surface area contributed by atoms with Gasteiger partial charge >= 0.3 is 5.97 Å². The van der Waals surface area contributed by atoms with Gasteiger partial charge in [-0.15, -0.1) is 0 Å². The summed E-state index contributed by atoms with van der Waals surface area (Å²) in [6, 6.07) is 17.1. The molecule has 3 N–H and O–H groups in total. The summed E-state index contributed by atoms with van der Waals surface area (Å²) in [5.74, 6) is -2.07. The lowest BCUT2D eigenvalue weighted by molar-refractivity contribution is -0.183. The van der Waals surface area contributed by atoms with Crippen molar-refractivity contribution in [3.05, 3.63) is 101 Å². The highest BCUT2D eigenvalue weighted by Gasteiger charge is 2.55. The molecule has 410 valence electrons. The maximum absolute atomic E-state index is 13.7. The molecule has 2 aliphatic heterocycles. The summed E-state index contributed by atoms with van der Waals surface area (Å²) in [5.41, 5.74) is 4.50. The normalized spacial score (nSPS) is 22.2. The van der Waals surface area contributed by atoms with Gasteiger partial charge in [0.05, 0.1) is 47.6 Å². The average Bonchev–Trinajstić information content (AvgIpc) is 4.08. The van der Waals surface area contributed by atoms with Gasteiger partial charge in [0.25, 0.3) is 27.8 Å². The number of nitrogens with zero attached hydrogens (tertiary/aromatic N) is 7. The van der Waals surface area contributed by atoms with Gasteiger partial charge in [-0.25, -0.2) is 14.8 Å². The fourth-order valence-corrected chi connectivity index (χ4v) is 14.2. The van der Waals surface area contributed by atoms with Crippen molar-refractivity contribution in [2.75, 3.05) is 62.0 Å². The van der Waals surface area contributed by atoms with E-state index >= 15 is 0 Å². The Bertz CT molecular complexity index is 3160. The van der Waals surface area contributed by atoms with Crippen LogP contribution in [-0.2, 0) is 53.5 Å². The highest BCUT2D eigenvalue weighted by Crippen LogP contribution is 2.60. The second kappa shape index (κ2) is 22.9. The van der Waals surface area contributed by atoms with Crippen molar-refractivity contribution in [1.29, 1.82) is 0 Å². The van der Waals surface area contributed by atoms with Crippen molar-refractivity contribution in [3.8, 4) is 11.1 Å². The number of fused-ring (bicyclic) bond motifs is 4. The Morgan fingerprint density at radius 3 is 2.47 bits per heavy atom. The Morgan fingerprint density at radius 2 is 1.70 bits per heavy atom. The van der Waals surface area contributed by atoms with Crippen LogP contribution in [0.2, 0.25) is 0 Å². The SMILES string of the molecule is Cc1c(-c2ccc(N3CCc4cccc(C(=O)Nc5nc6ccccc6s5)c4C3)nc2C(=O)O)cnn1CC1(C)CC2(C)CC(C)CC(OCCOCCN(CCS(=O)(=O)O)C(=O)CCCCCN3C(=O)C=CC3=O)(C2)C1. The predicted octanol–water partition coefficient (Wildman–Crippen LogP) is 7.98. The molecule has 4 unspecified atom stereocenters. The predicted molar refractivity (Wildman–Crippen MR) is 291 cm³/mol. The number of nitrogens with one attached hydrogen (secondary N) is 1. The molecule has 2 aliphatic carbocycles. The highest BCUT2D eigenvalue weighted by atomic mass is 32.2. The molecule has 2 aromatic carbocycles. The van der Waals surface area contributed by atoms with Crippen LogP contribution in [0.5, 0.6) is 0 Å². The molecule has 2 fully saturated rings. The molecule has 9 rings (SSSR count). The first-order valence-corrected chi connectivity index (χ1v) is 28.9. The molecule has 2 bridgehead atoms. The maximum atomic E-state index is 13.7. The van der Waals surface area contributed by atoms with Crippen molar-refractivity contribution in [3.63, 3.8) is 0 Å². The van der Waals surface area contributed by atoms with E-state index < -0.39 is 27.4 Å². The number of pyridine rings is 1. The number of carbonyl (C=O) groups is 5. The second-order valence-electron chi connectivity index (χ2n) is 22.2. The van der Waals surface area contributed by atoms with E-state index in [9.17, 15) is 42.0 Å². The van der Waals surface area contributed by atoms with Gasteiger partial charge < -0.3 is 24.4 Å². The Labute approximate surface area is 452 Å². The van der Waals surface area contributed by atoms with E-state index in [-0.39, 0.29) is 79.4 Å². The molecule has 3 aromatic heterocycles. The molecule has 5 aromatic rings. The third-order valence-electron chi connectivity index (χ3n) is 15.6. The zero-order valence-corrected chi connectivity index (χ0v) is 45.8. The van der Waals surface area contributed by atoms with Crippen LogP contribution in [0.3, 0.4) is 0 Å². The van der Waals surface area contributed by atoms with E-state index in [1.165, 1.54) is 28.4 Å². The molecule has 4 atom stereocenters. The van der Waals surface area contributed by atoms with E-state index in [2.05, 4.69) is 31.1 Å². The summed E-state index contributed by atoms with van der Waals surface area (Å²) in [5, 5.41) is 19.0. The number of ether oxygens (including phenoxy) is 2. The number of hydrogen-bond acceptors (Lipinski definition) is 14. The van der Waals surface area contributed by atoms with E-state index in [1.54, 1.807) is 12.3 Å². The largest absolute Gasteiger partial charge is 0.476 e. The second-order valence-corrected chi connectivity index (χ2v) is 24.8. The van der Waals surface area contributed by atoms with Crippen LogP contribution < -0.4 is 10.2 Å². The minimum atomic E-state index is -4.32. The summed E-state index contributed by atoms with van der Waals surface area (Å²) in [6.07, 6.45) is 11.1. The summed E-state index contributed by atoms with van der Waals surface area (Å²) < 4.78 is 48.5. The van der Waals surface area contributed by atoms with Crippen LogP contribution in [0.4, 0.5) is 10.9 Å². The van der Waals surface area contributed by atoms with E-state index in [0.29, 0.717) is 85.5 Å². The lowest BCUT2D eigenvalue weighted by atomic mass is 9.51. The molecule has 0 radical (unpaired) electrons. The van der Waals surface area contributed by atoms with E-state index in [0.717, 1.165) is 64.0 Å². The Kier molecular flexibility index (Phi) is 16.5. The molecule has 19 nitrogen and oxygen atoms in total. The van der Waals surface area contributed by atoms with Gasteiger partial charge in [0.2, 0.25) is 5.91 Å². The number of anilines is 2. The molecule has 0 spiro atoms. The highest BCUT2D eigenvalue weighted by molar-refractivity contribution is 7.85. The van der Waals surface area contributed by atoms with E-state index in [1.807, 2.05) is 65.0 Å². The fraction of sp³-hybridized carbons (Fsp3) is 0.500. The van der Waals surface area contributed by atoms with Crippen LogP contribution in [-0.4, -0.2) is 135 Å². The van der Waals surface area contributed by atoms with Crippen LogP contribution in [0.15, 0.2) is 72.9 Å². The van der Waals surface area contributed by atoms with Crippen molar-refractivity contribution in [2.24, 2.45) is 16.7 Å². The van der Waals surface area contributed by atoms with E-state index in [4.69, 9.17) is 19.6 Å². The summed E-state index contributed by atoms with van der Waals surface area (Å²) >= 11 is 1.42. The fourth-order valence-electron chi connectivity index (χ4n) is 12.9. The van der Waals surface area contributed by atoms with Gasteiger partial charge in [-0.05, 0) is 116 Å². The number of rotatable bonds is 23. The minimum absolute atomic E-state index is 0.00424. The van der Waals surface area contributed by atoms with Crippen LogP contribution in [0.1, 0.15) is 116 Å². The van der Waals surface area contributed by atoms with Gasteiger partial charge in [-0.2, -0.15) is 13.5 Å². The molecule has 77 heavy (non-hydrogen) atoms. The van der Waals surface area contributed by atoms with Gasteiger partial charge in [0.15, 0.2) is 10.8 Å². The van der Waals surface area contributed by atoms with Crippen molar-refractivity contribution in [2.45, 2.75) is 111 Å². The molecule has 4 aliphatic rings. The number of aromatic nitrogens is 4. The van der Waals surface area contributed by atoms with Crippen LogP contribution >= 0.6 is 11.3 Å². The number of aromatic carboxylic acids is 1. The standard InChI is InChI=1S/C56H68N8O11S2/c1-37-29-54(3)33-55(4,35-56(30-37,34-54)75-27-26-74-25-23-61(24-28-77(71,72)73)47(65)15-6-5-9-21-63-48(66)18-19-49(63)67)36-64-38(2)42(31-57-64)40-16-17-46(59-50(40)52(69)70)62-22-20-39-11-10-12-41(43(39)32-62)51(68)60-53-58-44-13-7-8-14-45(44)76-53/h7-8,10-14,16-19,31,37H,5-6,9,15,20-30,32-36H2,1-4H3,(H,69,70)(H,58,60,68)(H,71,72,73). The molecule has 21 heteroatoms. The number of carboxylic acids is 1. The number of amides is 4. The lowest BCUT2D eigenvalue weighted by Crippen LogP contribution is -2.55. The summed E-state index contributed by atoms with van der Waals surface area (Å²) in [4.78, 5) is 77.5. The number of thiazole rings is 1. The Morgan fingerprint density at radius 1 is 0.909 bits per heavy atom. The number of carbonyl (C=O) groups excluding carboxylic acids is 4. The number of imide groups is 1. The molecule has 2 saturated carbocycles. The number of para-hydroxylation sites is 1. The van der Waals surface area contributed by atoms with Gasteiger partial charge in [-0.1, -0.05) is 62.8 Å². The van der Waals surface area contributed by atoms with Crippen LogP contribution in [0.25, 0.3) is 21.3 Å². The van der Waals surface area contributed by atoms with Crippen molar-refractivity contribution < 1.29 is 51.5 Å². The quantitative estimate of drug-likeness (QED) is 0.0319. The monoisotopic (exact) mass is 1090 g/mol. The first-order chi connectivity index (χ1) is 36.7. The van der Waals surface area contributed by atoms with Gasteiger partial charge in [-0.3, -0.25) is 38.6 Å². The van der Waals surface area contributed by atoms with Gasteiger partial charge in [0.1, 0.15) is 5.82 Å². The summed E-state index contributed by atoms with van der Waals surface area (Å²) in [6.45, 7) is 11.3. The number of carboxylic acid groups (broad SMARTS) is 1. The maximum Gasteiger partial charge on any atom is 0.355 e. The number of unbranched alkanes of at least 4 members (excludes halogenated alkanes) is 2. The topological polar surface area (TPSA) is 244 Å². The van der Waals surface area contributed by atoms with Crippen molar-refractivity contribution in [1.82, 2.24) is 29.5 Å². The molecule has 4 amide bonds. The Balaban J connectivity index is 0.813. The lowest BCUT2D eigenvalue weighted by Gasteiger charge is -2.58. The van der Waals surface area contributed by atoms with Crippen molar-refractivity contribution >= 4 is 72.2 Å². The number of hydrogen-bond donors (Lipinski definition) is 3. The smallest absolute Gasteiger partial charge is 0.355 e. The average molecular weight is 1090 g/mol. The molecule has 0 saturated heterocycles. The van der Waals surface area contributed by atoms with Crippen LogP contribution in [0, 0.1) is 23.7 Å². The zero-order chi connectivity index (χ0) is 54.7.